The van der Waals surface area contributed by atoms with Gasteiger partial charge in [-0.3, -0.25) is 4.79 Å². The molecule has 26 heavy (non-hydrogen) atoms. The smallest absolute Gasteiger partial charge is 0.266 e. The Labute approximate surface area is 157 Å². The van der Waals surface area contributed by atoms with E-state index in [1.54, 1.807) is 42.5 Å². The van der Waals surface area contributed by atoms with Gasteiger partial charge in [0.15, 0.2) is 11.5 Å². The van der Waals surface area contributed by atoms with Crippen LogP contribution >= 0.6 is 11.6 Å². The Bertz CT molecular complexity index is 852. The van der Waals surface area contributed by atoms with Crippen LogP contribution in [-0.4, -0.2) is 19.1 Å². The van der Waals surface area contributed by atoms with Gasteiger partial charge in [-0.25, -0.2) is 0 Å². The predicted octanol–water partition coefficient (Wildman–Crippen LogP) is 4.68. The fraction of sp³-hybridized carbons (Fsp3) is 0.200. The molecule has 0 bridgehead atoms. The van der Waals surface area contributed by atoms with Gasteiger partial charge in [0.2, 0.25) is 0 Å². The summed E-state index contributed by atoms with van der Waals surface area (Å²) in [5.41, 5.74) is 1.18. The van der Waals surface area contributed by atoms with Gasteiger partial charge in [0.05, 0.1) is 13.2 Å². The SMILES string of the molecule is COc1cc(/C=C(/C#N)C(=O)Nc2ccc(Cl)cc2)ccc1OC(C)C. The zero-order valence-electron chi connectivity index (χ0n) is 14.7. The molecule has 0 atom stereocenters. The molecule has 1 amide bonds. The van der Waals surface area contributed by atoms with Crippen LogP contribution in [0, 0.1) is 11.3 Å². The Morgan fingerprint density at radius 2 is 1.88 bits per heavy atom. The third-order valence-corrected chi connectivity index (χ3v) is 3.58. The van der Waals surface area contributed by atoms with E-state index in [1.165, 1.54) is 13.2 Å². The molecule has 2 aromatic rings. The quantitative estimate of drug-likeness (QED) is 0.592. The Hall–Kier alpha value is -2.97. The predicted molar refractivity (Wildman–Crippen MR) is 102 cm³/mol. The number of hydrogen-bond donors (Lipinski definition) is 1. The van der Waals surface area contributed by atoms with Crippen LogP contribution in [0.25, 0.3) is 6.08 Å². The summed E-state index contributed by atoms with van der Waals surface area (Å²) in [6.45, 7) is 3.84. The molecule has 6 heteroatoms. The lowest BCUT2D eigenvalue weighted by Gasteiger charge is -2.13. The number of ether oxygens (including phenoxy) is 2. The van der Waals surface area contributed by atoms with E-state index in [0.717, 1.165) is 0 Å². The number of amides is 1. The first-order chi connectivity index (χ1) is 12.4. The van der Waals surface area contributed by atoms with Crippen LogP contribution in [0.3, 0.4) is 0 Å². The Morgan fingerprint density at radius 3 is 2.46 bits per heavy atom. The maximum absolute atomic E-state index is 12.3. The first-order valence-electron chi connectivity index (χ1n) is 7.96. The van der Waals surface area contributed by atoms with E-state index in [1.807, 2.05) is 19.9 Å². The zero-order valence-corrected chi connectivity index (χ0v) is 15.5. The van der Waals surface area contributed by atoms with E-state index >= 15 is 0 Å². The second-order valence-corrected chi connectivity index (χ2v) is 6.14. The van der Waals surface area contributed by atoms with Gasteiger partial charge in [0.1, 0.15) is 11.6 Å². The summed E-state index contributed by atoms with van der Waals surface area (Å²) in [6.07, 6.45) is 1.50. The third-order valence-electron chi connectivity index (χ3n) is 3.33. The second-order valence-electron chi connectivity index (χ2n) is 5.71. The highest BCUT2D eigenvalue weighted by Crippen LogP contribution is 2.29. The van der Waals surface area contributed by atoms with Gasteiger partial charge in [-0.2, -0.15) is 5.26 Å². The van der Waals surface area contributed by atoms with Crippen molar-refractivity contribution in [3.63, 3.8) is 0 Å². The number of anilines is 1. The van der Waals surface area contributed by atoms with E-state index in [-0.39, 0.29) is 11.7 Å². The molecular weight excluding hydrogens is 352 g/mol. The Morgan fingerprint density at radius 1 is 1.19 bits per heavy atom. The van der Waals surface area contributed by atoms with Crippen molar-refractivity contribution in [3.8, 4) is 17.6 Å². The van der Waals surface area contributed by atoms with Crippen LogP contribution in [0.15, 0.2) is 48.0 Å². The van der Waals surface area contributed by atoms with Crippen LogP contribution in [0.4, 0.5) is 5.69 Å². The summed E-state index contributed by atoms with van der Waals surface area (Å²) >= 11 is 5.82. The van der Waals surface area contributed by atoms with Crippen LogP contribution in [0.2, 0.25) is 5.02 Å². The molecule has 0 aliphatic heterocycles. The molecule has 0 aliphatic rings. The van der Waals surface area contributed by atoms with Crippen LogP contribution in [0.5, 0.6) is 11.5 Å². The normalized spacial score (nSPS) is 11.0. The fourth-order valence-electron chi connectivity index (χ4n) is 2.17. The molecule has 0 saturated heterocycles. The second kappa shape index (κ2) is 8.93. The third kappa shape index (κ3) is 5.27. The van der Waals surface area contributed by atoms with Crippen molar-refractivity contribution < 1.29 is 14.3 Å². The summed E-state index contributed by atoms with van der Waals surface area (Å²) in [5, 5.41) is 12.6. The van der Waals surface area contributed by atoms with Crippen molar-refractivity contribution in [2.45, 2.75) is 20.0 Å². The van der Waals surface area contributed by atoms with Gasteiger partial charge >= 0.3 is 0 Å². The maximum atomic E-state index is 12.3. The molecule has 0 aromatic heterocycles. The Kier molecular flexibility index (Phi) is 6.65. The van der Waals surface area contributed by atoms with Gasteiger partial charge in [-0.05, 0) is 61.9 Å². The number of hydrogen-bond acceptors (Lipinski definition) is 4. The highest BCUT2D eigenvalue weighted by atomic mass is 35.5. The topological polar surface area (TPSA) is 71.3 Å². The van der Waals surface area contributed by atoms with Crippen LogP contribution < -0.4 is 14.8 Å². The lowest BCUT2D eigenvalue weighted by molar-refractivity contribution is -0.112. The molecule has 0 fully saturated rings. The fourth-order valence-corrected chi connectivity index (χ4v) is 2.30. The molecule has 0 saturated carbocycles. The molecule has 0 spiro atoms. The minimum atomic E-state index is -0.503. The summed E-state index contributed by atoms with van der Waals surface area (Å²) in [5.74, 6) is 0.628. The highest BCUT2D eigenvalue weighted by Gasteiger charge is 2.11. The molecule has 1 N–H and O–H groups in total. The molecule has 0 unspecified atom stereocenters. The van der Waals surface area contributed by atoms with Crippen LogP contribution in [0.1, 0.15) is 19.4 Å². The van der Waals surface area contributed by atoms with Gasteiger partial charge in [-0.15, -0.1) is 0 Å². The van der Waals surface area contributed by atoms with Crippen molar-refractivity contribution in [2.24, 2.45) is 0 Å². The molecule has 0 aliphatic carbocycles. The molecular formula is C20H19ClN2O3. The van der Waals surface area contributed by atoms with E-state index in [9.17, 15) is 10.1 Å². The largest absolute Gasteiger partial charge is 0.493 e. The first kappa shape index (κ1) is 19.4. The number of nitrogens with one attached hydrogen (secondary N) is 1. The van der Waals surface area contributed by atoms with E-state index in [0.29, 0.717) is 27.8 Å². The average molecular weight is 371 g/mol. The summed E-state index contributed by atoms with van der Waals surface area (Å²) in [4.78, 5) is 12.3. The average Bonchev–Trinajstić information content (AvgIpc) is 2.62. The molecule has 0 radical (unpaired) electrons. The molecule has 5 nitrogen and oxygen atoms in total. The first-order valence-corrected chi connectivity index (χ1v) is 8.34. The van der Waals surface area contributed by atoms with Gasteiger partial charge in [0.25, 0.3) is 5.91 Å². The maximum Gasteiger partial charge on any atom is 0.266 e. The minimum Gasteiger partial charge on any atom is -0.493 e. The summed E-state index contributed by atoms with van der Waals surface area (Å²) in [7, 11) is 1.54. The van der Waals surface area contributed by atoms with Gasteiger partial charge in [0, 0.05) is 10.7 Å². The highest BCUT2D eigenvalue weighted by molar-refractivity contribution is 6.30. The number of carbonyl (C=O) groups is 1. The minimum absolute atomic E-state index is 0.00474. The number of carbonyl (C=O) groups excluding carboxylic acids is 1. The number of benzene rings is 2. The number of methoxy groups -OCH3 is 1. The van der Waals surface area contributed by atoms with Crippen molar-refractivity contribution in [1.29, 1.82) is 5.26 Å². The number of halogens is 1. The molecule has 0 heterocycles. The van der Waals surface area contributed by atoms with E-state index in [2.05, 4.69) is 5.32 Å². The number of nitrogens with zero attached hydrogens (tertiary/aromatic N) is 1. The standard InChI is InChI=1S/C20H19ClN2O3/c1-13(2)26-18-9-4-14(11-19(18)25-3)10-15(12-22)20(24)23-17-7-5-16(21)6-8-17/h4-11,13H,1-3H3,(H,23,24)/b15-10-. The summed E-state index contributed by atoms with van der Waals surface area (Å²) in [6, 6.07) is 13.8. The lowest BCUT2D eigenvalue weighted by Crippen LogP contribution is -2.13. The Balaban J connectivity index is 2.23. The van der Waals surface area contributed by atoms with Gasteiger partial charge in [-0.1, -0.05) is 17.7 Å². The van der Waals surface area contributed by atoms with Crippen molar-refractivity contribution in [3.05, 3.63) is 58.6 Å². The molecule has 2 aromatic carbocycles. The zero-order chi connectivity index (χ0) is 19.1. The monoisotopic (exact) mass is 370 g/mol. The van der Waals surface area contributed by atoms with E-state index in [4.69, 9.17) is 21.1 Å². The van der Waals surface area contributed by atoms with Crippen molar-refractivity contribution in [1.82, 2.24) is 0 Å². The molecule has 2 rings (SSSR count). The van der Waals surface area contributed by atoms with Crippen LogP contribution in [-0.2, 0) is 4.79 Å². The van der Waals surface area contributed by atoms with E-state index < -0.39 is 5.91 Å². The number of nitriles is 1. The number of rotatable bonds is 6. The summed E-state index contributed by atoms with van der Waals surface area (Å²) < 4.78 is 11.0. The molecule has 134 valence electrons. The van der Waals surface area contributed by atoms with Gasteiger partial charge < -0.3 is 14.8 Å². The van der Waals surface area contributed by atoms with Crippen molar-refractivity contribution >= 4 is 29.3 Å². The lowest BCUT2D eigenvalue weighted by atomic mass is 10.1. The van der Waals surface area contributed by atoms with Crippen molar-refractivity contribution in [2.75, 3.05) is 12.4 Å².